The summed E-state index contributed by atoms with van der Waals surface area (Å²) in [7, 11) is 0. The Hall–Kier alpha value is -7.30. The van der Waals surface area contributed by atoms with Crippen molar-refractivity contribution in [2.24, 2.45) is 0 Å². The number of benzene rings is 10. The molecule has 0 fully saturated rings. The number of furan rings is 1. The summed E-state index contributed by atoms with van der Waals surface area (Å²) in [5.41, 5.74) is 10.9. The van der Waals surface area contributed by atoms with Crippen LogP contribution < -0.4 is 14.5 Å². The topological polar surface area (TPSA) is 28.9 Å². The van der Waals surface area contributed by atoms with E-state index in [0.717, 1.165) is 61.9 Å². The molecule has 0 saturated carbocycles. The van der Waals surface area contributed by atoms with Gasteiger partial charge in [0.05, 0.1) is 34.1 Å². The molecule has 268 valence electrons. The van der Waals surface area contributed by atoms with Crippen LogP contribution in [0.4, 0.5) is 34.1 Å². The summed E-state index contributed by atoms with van der Waals surface area (Å²) < 4.78 is 12.9. The van der Waals surface area contributed by atoms with Crippen LogP contribution in [-0.2, 0) is 5.41 Å². The van der Waals surface area contributed by atoms with Crippen molar-refractivity contribution in [2.45, 2.75) is 19.3 Å². The molecule has 0 N–H and O–H groups in total. The lowest BCUT2D eigenvalue weighted by Gasteiger charge is -2.42. The molecule has 0 aliphatic carbocycles. The van der Waals surface area contributed by atoms with Crippen LogP contribution in [0.2, 0.25) is 0 Å². The fraction of sp³-hybridized carbons (Fsp3) is 0.0566. The summed E-state index contributed by atoms with van der Waals surface area (Å²) in [6.07, 6.45) is 0. The van der Waals surface area contributed by atoms with E-state index in [4.69, 9.17) is 9.15 Å². The first kappa shape index (κ1) is 31.0. The Morgan fingerprint density at radius 3 is 1.53 bits per heavy atom. The van der Waals surface area contributed by atoms with Gasteiger partial charge < -0.3 is 19.0 Å². The van der Waals surface area contributed by atoms with E-state index < -0.39 is 0 Å². The fourth-order valence-corrected chi connectivity index (χ4v) is 10.2. The standard InChI is InChI=1S/C53H34N2O2/c1-53(2)39-18-4-5-19-43(39)54(46-30-50-38(29-40(46)53)31-13-3-8-22-47(31)56-50)41-27-25-34-33-15-12-17-37-42(28-26-35(52(33)37)32-14-11-16-36(41)51(32)34)55-44-20-6-9-23-48(44)57-49-24-10-7-21-45(49)55/h3-30H,1-2H3. The fourth-order valence-electron chi connectivity index (χ4n) is 10.2. The van der Waals surface area contributed by atoms with E-state index in [1.807, 2.05) is 18.2 Å². The van der Waals surface area contributed by atoms with E-state index in [2.05, 4.69) is 175 Å². The van der Waals surface area contributed by atoms with Gasteiger partial charge in [-0.1, -0.05) is 123 Å². The van der Waals surface area contributed by atoms with Crippen LogP contribution in [0.1, 0.15) is 25.0 Å². The molecular formula is C53H34N2O2. The molecule has 3 heterocycles. The van der Waals surface area contributed by atoms with Crippen LogP contribution in [0.25, 0.3) is 65.0 Å². The van der Waals surface area contributed by atoms with Crippen molar-refractivity contribution in [1.82, 2.24) is 0 Å². The van der Waals surface area contributed by atoms with Crippen LogP contribution >= 0.6 is 0 Å². The van der Waals surface area contributed by atoms with Crippen LogP contribution in [0.15, 0.2) is 174 Å². The molecule has 2 aliphatic rings. The Balaban J connectivity index is 1.08. The third-order valence-electron chi connectivity index (χ3n) is 12.8. The molecule has 4 nitrogen and oxygen atoms in total. The van der Waals surface area contributed by atoms with E-state index >= 15 is 0 Å². The number of para-hydroxylation sites is 6. The average molecular weight is 731 g/mol. The van der Waals surface area contributed by atoms with Gasteiger partial charge in [0, 0.05) is 33.0 Å². The smallest absolute Gasteiger partial charge is 0.151 e. The summed E-state index contributed by atoms with van der Waals surface area (Å²) >= 11 is 0. The lowest BCUT2D eigenvalue weighted by atomic mass is 9.73. The second-order valence-corrected chi connectivity index (χ2v) is 16.0. The van der Waals surface area contributed by atoms with E-state index in [-0.39, 0.29) is 5.41 Å². The van der Waals surface area contributed by atoms with Crippen molar-refractivity contribution in [3.05, 3.63) is 181 Å². The Labute approximate surface area is 328 Å². The van der Waals surface area contributed by atoms with Gasteiger partial charge in [0.2, 0.25) is 0 Å². The number of ether oxygens (including phenoxy) is 1. The maximum absolute atomic E-state index is 6.54. The zero-order chi connectivity index (χ0) is 37.6. The molecule has 57 heavy (non-hydrogen) atoms. The molecule has 2 aliphatic heterocycles. The predicted molar refractivity (Wildman–Crippen MR) is 236 cm³/mol. The molecular weight excluding hydrogens is 697 g/mol. The normalized spacial score (nSPS) is 14.4. The first-order valence-corrected chi connectivity index (χ1v) is 19.7. The molecule has 0 radical (unpaired) electrons. The Morgan fingerprint density at radius 2 is 0.860 bits per heavy atom. The summed E-state index contributed by atoms with van der Waals surface area (Å²) in [6.45, 7) is 4.71. The summed E-state index contributed by atoms with van der Waals surface area (Å²) in [4.78, 5) is 4.85. The summed E-state index contributed by atoms with van der Waals surface area (Å²) in [5, 5.41) is 12.3. The zero-order valence-corrected chi connectivity index (χ0v) is 31.4. The molecule has 0 saturated heterocycles. The van der Waals surface area contributed by atoms with E-state index in [1.54, 1.807) is 0 Å². The minimum absolute atomic E-state index is 0.227. The van der Waals surface area contributed by atoms with E-state index in [1.165, 1.54) is 59.9 Å². The average Bonchev–Trinajstić information content (AvgIpc) is 3.62. The maximum Gasteiger partial charge on any atom is 0.151 e. The first-order chi connectivity index (χ1) is 28.0. The minimum Gasteiger partial charge on any atom is -0.456 e. The lowest BCUT2D eigenvalue weighted by Crippen LogP contribution is -2.30. The van der Waals surface area contributed by atoms with Gasteiger partial charge in [0.15, 0.2) is 11.5 Å². The molecule has 0 atom stereocenters. The second-order valence-electron chi connectivity index (χ2n) is 16.0. The van der Waals surface area contributed by atoms with Crippen molar-refractivity contribution in [3.63, 3.8) is 0 Å². The summed E-state index contributed by atoms with van der Waals surface area (Å²) in [6, 6.07) is 61.6. The minimum atomic E-state index is -0.227. The quantitative estimate of drug-likeness (QED) is 0.131. The van der Waals surface area contributed by atoms with Crippen LogP contribution in [0.3, 0.4) is 0 Å². The van der Waals surface area contributed by atoms with Gasteiger partial charge >= 0.3 is 0 Å². The van der Waals surface area contributed by atoms with Crippen LogP contribution in [-0.4, -0.2) is 0 Å². The number of nitrogens with zero attached hydrogens (tertiary/aromatic N) is 2. The number of hydrogen-bond acceptors (Lipinski definition) is 4. The second kappa shape index (κ2) is 10.9. The molecule has 0 unspecified atom stereocenters. The highest BCUT2D eigenvalue weighted by Gasteiger charge is 2.38. The van der Waals surface area contributed by atoms with Crippen molar-refractivity contribution >= 4 is 99.2 Å². The third-order valence-corrected chi connectivity index (χ3v) is 12.8. The van der Waals surface area contributed by atoms with Crippen molar-refractivity contribution in [2.75, 3.05) is 9.80 Å². The predicted octanol–water partition coefficient (Wildman–Crippen LogP) is 15.3. The Morgan fingerprint density at radius 1 is 0.351 bits per heavy atom. The van der Waals surface area contributed by atoms with Crippen molar-refractivity contribution in [3.8, 4) is 11.5 Å². The SMILES string of the molecule is CC1(C)c2ccccc2N(c2ccc3c4cccc5c(N6c7ccccc7Oc7ccccc76)ccc(c6cccc2c63)c54)c2cc3oc4ccccc4c3cc21. The lowest BCUT2D eigenvalue weighted by molar-refractivity contribution is 0.477. The molecule has 0 amide bonds. The van der Waals surface area contributed by atoms with E-state index in [0.29, 0.717) is 0 Å². The molecule has 0 spiro atoms. The zero-order valence-electron chi connectivity index (χ0n) is 31.4. The molecule has 4 heteroatoms. The number of rotatable bonds is 2. The van der Waals surface area contributed by atoms with Gasteiger partial charge in [-0.15, -0.1) is 0 Å². The molecule has 11 aromatic rings. The first-order valence-electron chi connectivity index (χ1n) is 19.7. The van der Waals surface area contributed by atoms with Crippen LogP contribution in [0, 0.1) is 0 Å². The Bertz CT molecular complexity index is 3440. The number of hydrogen-bond donors (Lipinski definition) is 0. The Kier molecular flexibility index (Phi) is 5.94. The monoisotopic (exact) mass is 730 g/mol. The molecule has 13 rings (SSSR count). The van der Waals surface area contributed by atoms with Crippen LogP contribution in [0.5, 0.6) is 11.5 Å². The van der Waals surface area contributed by atoms with Gasteiger partial charge in [0.25, 0.3) is 0 Å². The number of anilines is 6. The van der Waals surface area contributed by atoms with Gasteiger partial charge in [0.1, 0.15) is 11.2 Å². The van der Waals surface area contributed by atoms with Gasteiger partial charge in [-0.3, -0.25) is 0 Å². The molecule has 10 aromatic carbocycles. The third kappa shape index (κ3) is 4.01. The highest BCUT2D eigenvalue weighted by atomic mass is 16.5. The van der Waals surface area contributed by atoms with E-state index in [9.17, 15) is 0 Å². The largest absolute Gasteiger partial charge is 0.456 e. The molecule has 0 bridgehead atoms. The number of fused-ring (bicyclic) bond motifs is 9. The maximum atomic E-state index is 6.54. The van der Waals surface area contributed by atoms with Gasteiger partial charge in [-0.2, -0.15) is 0 Å². The van der Waals surface area contributed by atoms with Crippen molar-refractivity contribution < 1.29 is 9.15 Å². The summed E-state index contributed by atoms with van der Waals surface area (Å²) in [5.74, 6) is 1.70. The van der Waals surface area contributed by atoms with Crippen molar-refractivity contribution in [1.29, 1.82) is 0 Å². The van der Waals surface area contributed by atoms with Gasteiger partial charge in [-0.05, 0) is 98.0 Å². The highest BCUT2D eigenvalue weighted by molar-refractivity contribution is 6.35. The molecule has 1 aromatic heterocycles. The van der Waals surface area contributed by atoms with Gasteiger partial charge in [-0.25, -0.2) is 0 Å². The highest BCUT2D eigenvalue weighted by Crippen LogP contribution is 2.57.